The summed E-state index contributed by atoms with van der Waals surface area (Å²) in [5.41, 5.74) is -1.70. The molecule has 1 aliphatic heterocycles. The second kappa shape index (κ2) is 7.33. The van der Waals surface area contributed by atoms with Crippen LogP contribution in [0, 0.1) is 28.6 Å². The van der Waals surface area contributed by atoms with Crippen LogP contribution in [0.15, 0.2) is 40.4 Å². The fourth-order valence-corrected chi connectivity index (χ4v) is 8.90. The standard InChI is InChI=1S/C27H28Cl2O6/c1-14-10-18-17-5-4-15-11-16(30)8-9-24(15,2)27(17)21(34-27)12-25(18,3)26(14,20(31)13-28)35-23(32)19-6-7-22(29)33-19/h6-9,11,14,17-18,21H,4-5,10,12-13H2,1-3H3/t14-,17?,18?,21+,24+,25+,26+,27-/m1/s1. The van der Waals surface area contributed by atoms with Gasteiger partial charge in [0.05, 0.1) is 12.0 Å². The first kappa shape index (κ1) is 23.5. The molecule has 4 fully saturated rings. The Morgan fingerprint density at radius 2 is 2.00 bits per heavy atom. The number of hydrogen-bond donors (Lipinski definition) is 0. The zero-order chi connectivity index (χ0) is 25.0. The molecule has 0 bridgehead atoms. The van der Waals surface area contributed by atoms with E-state index in [1.54, 1.807) is 12.2 Å². The molecule has 1 aromatic heterocycles. The second-order valence-electron chi connectivity index (χ2n) is 11.3. The van der Waals surface area contributed by atoms with Crippen molar-refractivity contribution >= 4 is 40.7 Å². The third-order valence-corrected chi connectivity index (χ3v) is 10.5. The molecule has 1 spiro atoms. The van der Waals surface area contributed by atoms with Crippen LogP contribution >= 0.6 is 23.2 Å². The van der Waals surface area contributed by atoms with Crippen LogP contribution in [0.25, 0.3) is 0 Å². The highest BCUT2D eigenvalue weighted by Crippen LogP contribution is 2.77. The Bertz CT molecular complexity index is 1220. The molecule has 186 valence electrons. The van der Waals surface area contributed by atoms with Gasteiger partial charge in [-0.2, -0.15) is 0 Å². The minimum absolute atomic E-state index is 0.0244. The van der Waals surface area contributed by atoms with E-state index in [0.717, 1.165) is 18.4 Å². The van der Waals surface area contributed by atoms with E-state index in [0.29, 0.717) is 12.8 Å². The average molecular weight is 519 g/mol. The van der Waals surface area contributed by atoms with E-state index in [9.17, 15) is 14.4 Å². The number of rotatable bonds is 4. The van der Waals surface area contributed by atoms with Gasteiger partial charge in [-0.1, -0.05) is 25.5 Å². The zero-order valence-corrected chi connectivity index (χ0v) is 21.4. The number of carbonyl (C=O) groups is 3. The molecule has 35 heavy (non-hydrogen) atoms. The van der Waals surface area contributed by atoms with Gasteiger partial charge in [-0.3, -0.25) is 9.59 Å². The molecule has 6 rings (SSSR count). The lowest BCUT2D eigenvalue weighted by molar-refractivity contribution is -0.162. The predicted molar refractivity (Wildman–Crippen MR) is 128 cm³/mol. The highest BCUT2D eigenvalue weighted by atomic mass is 35.5. The van der Waals surface area contributed by atoms with Crippen LogP contribution in [0.4, 0.5) is 0 Å². The van der Waals surface area contributed by atoms with E-state index >= 15 is 0 Å². The summed E-state index contributed by atoms with van der Waals surface area (Å²) in [7, 11) is 0. The monoisotopic (exact) mass is 518 g/mol. The highest BCUT2D eigenvalue weighted by molar-refractivity contribution is 6.29. The summed E-state index contributed by atoms with van der Waals surface area (Å²) in [4.78, 5) is 38.9. The van der Waals surface area contributed by atoms with Crippen molar-refractivity contribution < 1.29 is 28.3 Å². The normalized spacial score (nSPS) is 45.1. The van der Waals surface area contributed by atoms with Crippen LogP contribution in [0.5, 0.6) is 0 Å². The lowest BCUT2D eigenvalue weighted by atomic mass is 9.46. The number of Topliss-reactive ketones (excluding diaryl/α,β-unsaturated/α-hetero) is 1. The Morgan fingerprint density at radius 1 is 1.23 bits per heavy atom. The van der Waals surface area contributed by atoms with Gasteiger partial charge < -0.3 is 13.9 Å². The number of ether oxygens (including phenoxy) is 2. The van der Waals surface area contributed by atoms with Crippen LogP contribution in [-0.4, -0.2) is 40.7 Å². The summed E-state index contributed by atoms with van der Waals surface area (Å²) in [6.07, 6.45) is 8.29. The lowest BCUT2D eigenvalue weighted by Crippen LogP contribution is -2.63. The molecule has 2 unspecified atom stereocenters. The van der Waals surface area contributed by atoms with Crippen molar-refractivity contribution in [3.8, 4) is 0 Å². The molecular formula is C27H28Cl2O6. The number of ketones is 2. The molecule has 3 saturated carbocycles. The maximum absolute atomic E-state index is 13.6. The van der Waals surface area contributed by atoms with E-state index in [2.05, 4.69) is 13.8 Å². The minimum atomic E-state index is -1.40. The number of allylic oxidation sites excluding steroid dienone is 2. The minimum Gasteiger partial charge on any atom is -0.444 e. The lowest BCUT2D eigenvalue weighted by Gasteiger charge is -2.56. The summed E-state index contributed by atoms with van der Waals surface area (Å²) < 4.78 is 18.1. The van der Waals surface area contributed by atoms with Gasteiger partial charge in [0, 0.05) is 16.7 Å². The zero-order valence-electron chi connectivity index (χ0n) is 19.9. The van der Waals surface area contributed by atoms with Crippen molar-refractivity contribution in [2.75, 3.05) is 5.88 Å². The van der Waals surface area contributed by atoms with Crippen LogP contribution in [0.3, 0.4) is 0 Å². The molecule has 0 amide bonds. The number of alkyl halides is 1. The number of furan rings is 1. The van der Waals surface area contributed by atoms with Crippen LogP contribution in [-0.2, 0) is 19.1 Å². The van der Waals surface area contributed by atoms with Gasteiger partial charge in [-0.05, 0) is 80.3 Å². The summed E-state index contributed by atoms with van der Waals surface area (Å²) >= 11 is 12.0. The van der Waals surface area contributed by atoms with Crippen molar-refractivity contribution in [2.45, 2.75) is 63.8 Å². The van der Waals surface area contributed by atoms with Gasteiger partial charge in [-0.25, -0.2) is 4.79 Å². The number of hydrogen-bond acceptors (Lipinski definition) is 6. The third-order valence-electron chi connectivity index (χ3n) is 10.0. The third kappa shape index (κ3) is 2.74. The van der Waals surface area contributed by atoms with Gasteiger partial charge in [-0.15, -0.1) is 11.6 Å². The van der Waals surface area contributed by atoms with Gasteiger partial charge in [0.25, 0.3) is 0 Å². The van der Waals surface area contributed by atoms with Crippen molar-refractivity contribution in [1.29, 1.82) is 0 Å². The molecule has 0 radical (unpaired) electrons. The SMILES string of the molecule is C[C@@H]1CC2C3CCC4=CC(=O)C=C[C@]4(C)[C@@]34O[C@H]4C[C@]2(C)[C@@]1(OC(=O)c1ccc(Cl)o1)C(=O)CCl. The quantitative estimate of drug-likeness (QED) is 0.304. The Morgan fingerprint density at radius 3 is 2.69 bits per heavy atom. The molecular weight excluding hydrogens is 491 g/mol. The number of esters is 1. The maximum Gasteiger partial charge on any atom is 0.375 e. The van der Waals surface area contributed by atoms with Crippen molar-refractivity contribution in [3.63, 3.8) is 0 Å². The van der Waals surface area contributed by atoms with E-state index in [4.69, 9.17) is 37.1 Å². The summed E-state index contributed by atoms with van der Waals surface area (Å²) in [6.45, 7) is 6.21. The molecule has 8 atom stereocenters. The summed E-state index contributed by atoms with van der Waals surface area (Å²) in [6, 6.07) is 2.92. The fraction of sp³-hybridized carbons (Fsp3) is 0.593. The van der Waals surface area contributed by atoms with Gasteiger partial charge in [0.2, 0.25) is 5.76 Å². The summed E-state index contributed by atoms with van der Waals surface area (Å²) in [5, 5.41) is 0.0744. The Labute approximate surface area is 214 Å². The molecule has 1 aromatic rings. The van der Waals surface area contributed by atoms with Crippen molar-refractivity contribution in [2.24, 2.45) is 28.6 Å². The van der Waals surface area contributed by atoms with Gasteiger partial charge >= 0.3 is 5.97 Å². The largest absolute Gasteiger partial charge is 0.444 e. The second-order valence-corrected chi connectivity index (χ2v) is 11.9. The first-order valence-electron chi connectivity index (χ1n) is 12.2. The molecule has 0 N–H and O–H groups in total. The van der Waals surface area contributed by atoms with Crippen LogP contribution < -0.4 is 0 Å². The van der Waals surface area contributed by atoms with E-state index in [1.807, 2.05) is 13.0 Å². The van der Waals surface area contributed by atoms with E-state index in [1.165, 1.54) is 12.1 Å². The van der Waals surface area contributed by atoms with Gasteiger partial charge in [0.15, 0.2) is 22.4 Å². The number of epoxide rings is 1. The topological polar surface area (TPSA) is 86.1 Å². The molecule has 5 aliphatic rings. The number of carbonyl (C=O) groups excluding carboxylic acids is 3. The van der Waals surface area contributed by atoms with Crippen molar-refractivity contribution in [3.05, 3.63) is 46.9 Å². The Balaban J connectivity index is 1.42. The molecule has 8 heteroatoms. The van der Waals surface area contributed by atoms with E-state index in [-0.39, 0.29) is 57.7 Å². The molecule has 0 aromatic carbocycles. The Hall–Kier alpha value is -1.89. The van der Waals surface area contributed by atoms with Crippen molar-refractivity contribution in [1.82, 2.24) is 0 Å². The van der Waals surface area contributed by atoms with Crippen LogP contribution in [0.2, 0.25) is 5.22 Å². The van der Waals surface area contributed by atoms with Gasteiger partial charge in [0.1, 0.15) is 5.60 Å². The Kier molecular flexibility index (Phi) is 4.92. The van der Waals surface area contributed by atoms with E-state index < -0.39 is 22.6 Å². The highest BCUT2D eigenvalue weighted by Gasteiger charge is 2.83. The smallest absolute Gasteiger partial charge is 0.375 e. The first-order valence-corrected chi connectivity index (χ1v) is 13.1. The first-order chi connectivity index (χ1) is 16.5. The maximum atomic E-state index is 13.6. The van der Waals surface area contributed by atoms with Crippen LogP contribution in [0.1, 0.15) is 57.0 Å². The summed E-state index contributed by atoms with van der Waals surface area (Å²) in [5.74, 6) is -1.27. The number of halogens is 2. The molecule has 6 nitrogen and oxygen atoms in total. The number of fused-ring (bicyclic) bond motifs is 3. The predicted octanol–water partition coefficient (Wildman–Crippen LogP) is 5.32. The molecule has 4 aliphatic carbocycles. The fourth-order valence-electron chi connectivity index (χ4n) is 8.56. The average Bonchev–Trinajstić information content (AvgIpc) is 3.29. The molecule has 2 heterocycles. The molecule has 1 saturated heterocycles.